The Morgan fingerprint density at radius 2 is 1.95 bits per heavy atom. The molecule has 0 N–H and O–H groups in total. The molecule has 0 fully saturated rings. The quantitative estimate of drug-likeness (QED) is 0.767. The smallest absolute Gasteiger partial charge is 0.199 e. The summed E-state index contributed by atoms with van der Waals surface area (Å²) in [5.74, 6) is -0.439. The lowest BCUT2D eigenvalue weighted by atomic mass is 10.0. The molecule has 0 radical (unpaired) electrons. The van der Waals surface area contributed by atoms with Crippen LogP contribution in [0.5, 0.6) is 5.75 Å². The third-order valence-corrected chi connectivity index (χ3v) is 3.35. The van der Waals surface area contributed by atoms with Crippen molar-refractivity contribution in [3.63, 3.8) is 0 Å². The van der Waals surface area contributed by atoms with Crippen molar-refractivity contribution in [2.75, 3.05) is 6.61 Å². The number of ketones is 1. The van der Waals surface area contributed by atoms with Gasteiger partial charge in [-0.1, -0.05) is 22.0 Å². The van der Waals surface area contributed by atoms with E-state index in [1.54, 1.807) is 31.2 Å². The van der Waals surface area contributed by atoms with Crippen LogP contribution in [0.2, 0.25) is 0 Å². The second-order valence-electron chi connectivity index (χ2n) is 4.39. The van der Waals surface area contributed by atoms with Crippen LogP contribution in [0.1, 0.15) is 28.4 Å². The van der Waals surface area contributed by atoms with Crippen LogP contribution in [0.15, 0.2) is 40.9 Å². The van der Waals surface area contributed by atoms with Crippen LogP contribution in [-0.4, -0.2) is 12.4 Å². The summed E-state index contributed by atoms with van der Waals surface area (Å²) >= 11 is 3.32. The third-order valence-electron chi connectivity index (χ3n) is 2.86. The summed E-state index contributed by atoms with van der Waals surface area (Å²) in [5.41, 5.74) is 1.18. The number of hydrogen-bond donors (Lipinski definition) is 0. The van der Waals surface area contributed by atoms with Gasteiger partial charge in [0.05, 0.1) is 17.7 Å². The Balaban J connectivity index is 2.49. The average Bonchev–Trinajstić information content (AvgIpc) is 2.40. The van der Waals surface area contributed by atoms with Crippen LogP contribution >= 0.6 is 15.9 Å². The molecule has 2 aromatic carbocycles. The minimum atomic E-state index is -0.516. The van der Waals surface area contributed by atoms with Gasteiger partial charge in [0.1, 0.15) is 11.6 Å². The largest absolute Gasteiger partial charge is 0.493 e. The highest BCUT2D eigenvalue weighted by atomic mass is 79.9. The van der Waals surface area contributed by atoms with E-state index in [0.29, 0.717) is 17.9 Å². The molecule has 0 amide bonds. The van der Waals surface area contributed by atoms with E-state index in [1.165, 1.54) is 12.1 Å². The van der Waals surface area contributed by atoms with Gasteiger partial charge in [-0.3, -0.25) is 4.79 Å². The molecule has 0 bridgehead atoms. The molecule has 0 heterocycles. The van der Waals surface area contributed by atoms with E-state index in [9.17, 15) is 9.18 Å². The number of halogens is 2. The zero-order valence-corrected chi connectivity index (χ0v) is 12.8. The molecular formula is C16H14BrFO2. The Kier molecular flexibility index (Phi) is 4.55. The molecule has 0 aromatic heterocycles. The monoisotopic (exact) mass is 336 g/mol. The number of carbonyl (C=O) groups excluding carboxylic acids is 1. The number of aryl methyl sites for hydroxylation is 1. The van der Waals surface area contributed by atoms with Gasteiger partial charge in [-0.05, 0) is 49.7 Å². The SMILES string of the molecule is CCOc1ccc(Br)cc1C(=O)c1ccc(C)cc1F. The molecule has 0 spiro atoms. The molecule has 0 aliphatic rings. The van der Waals surface area contributed by atoms with Crippen molar-refractivity contribution in [1.82, 2.24) is 0 Å². The third kappa shape index (κ3) is 3.07. The van der Waals surface area contributed by atoms with E-state index in [0.717, 1.165) is 10.0 Å². The summed E-state index contributed by atoms with van der Waals surface area (Å²) in [5, 5.41) is 0. The summed E-state index contributed by atoms with van der Waals surface area (Å²) < 4.78 is 20.1. The molecule has 0 aliphatic carbocycles. The molecular weight excluding hydrogens is 323 g/mol. The first-order valence-electron chi connectivity index (χ1n) is 6.26. The van der Waals surface area contributed by atoms with Crippen molar-refractivity contribution in [2.24, 2.45) is 0 Å². The molecule has 20 heavy (non-hydrogen) atoms. The number of benzene rings is 2. The standard InChI is InChI=1S/C16H14BrFO2/c1-3-20-15-7-5-11(17)9-13(15)16(19)12-6-4-10(2)8-14(12)18/h4-9H,3H2,1-2H3. The number of carbonyl (C=O) groups is 1. The van der Waals surface area contributed by atoms with Crippen molar-refractivity contribution < 1.29 is 13.9 Å². The maximum Gasteiger partial charge on any atom is 0.199 e. The number of rotatable bonds is 4. The number of hydrogen-bond acceptors (Lipinski definition) is 2. The zero-order chi connectivity index (χ0) is 14.7. The lowest BCUT2D eigenvalue weighted by Crippen LogP contribution is -2.07. The van der Waals surface area contributed by atoms with E-state index in [4.69, 9.17) is 4.74 Å². The van der Waals surface area contributed by atoms with Gasteiger partial charge in [0, 0.05) is 4.47 Å². The first-order chi connectivity index (χ1) is 9.52. The summed E-state index contributed by atoms with van der Waals surface area (Å²) in [4.78, 5) is 12.5. The fourth-order valence-corrected chi connectivity index (χ4v) is 2.27. The van der Waals surface area contributed by atoms with Gasteiger partial charge >= 0.3 is 0 Å². The van der Waals surface area contributed by atoms with Crippen molar-refractivity contribution >= 4 is 21.7 Å². The van der Waals surface area contributed by atoms with E-state index < -0.39 is 5.82 Å². The van der Waals surface area contributed by atoms with Crippen molar-refractivity contribution in [2.45, 2.75) is 13.8 Å². The van der Waals surface area contributed by atoms with Crippen LogP contribution in [0, 0.1) is 12.7 Å². The second kappa shape index (κ2) is 6.18. The van der Waals surface area contributed by atoms with Crippen molar-refractivity contribution in [1.29, 1.82) is 0 Å². The van der Waals surface area contributed by atoms with E-state index in [1.807, 2.05) is 6.92 Å². The molecule has 4 heteroatoms. The Morgan fingerprint density at radius 3 is 2.60 bits per heavy atom. The molecule has 0 aliphatic heterocycles. The van der Waals surface area contributed by atoms with Crippen LogP contribution in [0.25, 0.3) is 0 Å². The summed E-state index contributed by atoms with van der Waals surface area (Å²) in [6.07, 6.45) is 0. The predicted molar refractivity (Wildman–Crippen MR) is 79.9 cm³/mol. The van der Waals surface area contributed by atoms with Crippen LogP contribution in [0.4, 0.5) is 4.39 Å². The van der Waals surface area contributed by atoms with Gasteiger partial charge in [0.25, 0.3) is 0 Å². The maximum absolute atomic E-state index is 13.9. The van der Waals surface area contributed by atoms with Gasteiger partial charge < -0.3 is 4.74 Å². The van der Waals surface area contributed by atoms with E-state index in [2.05, 4.69) is 15.9 Å². The molecule has 104 valence electrons. The highest BCUT2D eigenvalue weighted by molar-refractivity contribution is 9.10. The topological polar surface area (TPSA) is 26.3 Å². The van der Waals surface area contributed by atoms with E-state index in [-0.39, 0.29) is 11.3 Å². The lowest BCUT2D eigenvalue weighted by molar-refractivity contribution is 0.103. The predicted octanol–water partition coefficient (Wildman–Crippen LogP) is 4.53. The molecule has 0 atom stereocenters. The highest BCUT2D eigenvalue weighted by Gasteiger charge is 2.18. The fourth-order valence-electron chi connectivity index (χ4n) is 1.91. The molecule has 0 saturated carbocycles. The van der Waals surface area contributed by atoms with Crippen LogP contribution in [-0.2, 0) is 0 Å². The Morgan fingerprint density at radius 1 is 1.20 bits per heavy atom. The Hall–Kier alpha value is -1.68. The Bertz CT molecular complexity index is 653. The van der Waals surface area contributed by atoms with Gasteiger partial charge in [0.15, 0.2) is 5.78 Å². The highest BCUT2D eigenvalue weighted by Crippen LogP contribution is 2.26. The van der Waals surface area contributed by atoms with Gasteiger partial charge in [-0.15, -0.1) is 0 Å². The van der Waals surface area contributed by atoms with Crippen LogP contribution in [0.3, 0.4) is 0 Å². The first kappa shape index (κ1) is 14.7. The maximum atomic E-state index is 13.9. The molecule has 2 aromatic rings. The van der Waals surface area contributed by atoms with Gasteiger partial charge in [0.2, 0.25) is 0 Å². The molecule has 0 unspecified atom stereocenters. The first-order valence-corrected chi connectivity index (χ1v) is 7.05. The zero-order valence-electron chi connectivity index (χ0n) is 11.2. The van der Waals surface area contributed by atoms with Crippen LogP contribution < -0.4 is 4.74 Å². The summed E-state index contributed by atoms with van der Waals surface area (Å²) in [6.45, 7) is 4.06. The summed E-state index contributed by atoms with van der Waals surface area (Å²) in [6, 6.07) is 9.71. The fraction of sp³-hybridized carbons (Fsp3) is 0.188. The van der Waals surface area contributed by atoms with Gasteiger partial charge in [-0.2, -0.15) is 0 Å². The van der Waals surface area contributed by atoms with Gasteiger partial charge in [-0.25, -0.2) is 4.39 Å². The molecule has 2 nitrogen and oxygen atoms in total. The normalized spacial score (nSPS) is 10.4. The molecule has 2 rings (SSSR count). The molecule has 0 saturated heterocycles. The Labute approximate surface area is 125 Å². The van der Waals surface area contributed by atoms with Crippen molar-refractivity contribution in [3.8, 4) is 5.75 Å². The number of ether oxygens (including phenoxy) is 1. The summed E-state index contributed by atoms with van der Waals surface area (Å²) in [7, 11) is 0. The second-order valence-corrected chi connectivity index (χ2v) is 5.30. The van der Waals surface area contributed by atoms with E-state index >= 15 is 0 Å². The lowest BCUT2D eigenvalue weighted by Gasteiger charge is -2.10. The minimum absolute atomic E-state index is 0.0506. The average molecular weight is 337 g/mol. The minimum Gasteiger partial charge on any atom is -0.493 e. The van der Waals surface area contributed by atoms with Crippen molar-refractivity contribution in [3.05, 3.63) is 63.4 Å².